The Labute approximate surface area is 166 Å². The molecule has 1 N–H and O–H groups in total. The van der Waals surface area contributed by atoms with Crippen LogP contribution in [0, 0.1) is 0 Å². The van der Waals surface area contributed by atoms with Gasteiger partial charge in [-0.1, -0.05) is 0 Å². The third kappa shape index (κ3) is 8.79. The van der Waals surface area contributed by atoms with Crippen molar-refractivity contribution in [1.82, 2.24) is 10.4 Å². The van der Waals surface area contributed by atoms with Crippen LogP contribution in [-0.2, 0) is 33.5 Å². The van der Waals surface area contributed by atoms with Crippen LogP contribution < -0.4 is 5.32 Å². The van der Waals surface area contributed by atoms with Gasteiger partial charge in [-0.25, -0.2) is 4.79 Å². The van der Waals surface area contributed by atoms with E-state index >= 15 is 0 Å². The van der Waals surface area contributed by atoms with Crippen LogP contribution in [0.1, 0.15) is 66.2 Å². The highest BCUT2D eigenvalue weighted by atomic mass is 16.7. The molecule has 9 nitrogen and oxygen atoms in total. The molecular weight excluding hydrogens is 368 g/mol. The van der Waals surface area contributed by atoms with Crippen molar-refractivity contribution in [2.45, 2.75) is 77.4 Å². The lowest BCUT2D eigenvalue weighted by molar-refractivity contribution is -0.197. The van der Waals surface area contributed by atoms with E-state index in [1.54, 1.807) is 7.11 Å². The van der Waals surface area contributed by atoms with E-state index in [0.717, 1.165) is 6.42 Å². The summed E-state index contributed by atoms with van der Waals surface area (Å²) in [4.78, 5) is 51.0. The van der Waals surface area contributed by atoms with E-state index in [-0.39, 0.29) is 37.2 Å². The number of amides is 3. The molecule has 1 saturated heterocycles. The molecule has 3 amide bonds. The Hall–Kier alpha value is -2.00. The molecule has 1 heterocycles. The van der Waals surface area contributed by atoms with Crippen LogP contribution in [0.5, 0.6) is 0 Å². The van der Waals surface area contributed by atoms with E-state index in [4.69, 9.17) is 14.3 Å². The third-order valence-electron chi connectivity index (χ3n) is 4.55. The number of carbonyl (C=O) groups excluding carboxylic acids is 4. The van der Waals surface area contributed by atoms with E-state index < -0.39 is 23.4 Å². The lowest BCUT2D eigenvalue weighted by Gasteiger charge is -2.29. The molecule has 9 heteroatoms. The highest BCUT2D eigenvalue weighted by molar-refractivity contribution is 6.01. The average molecular weight is 400 g/mol. The maximum Gasteiger partial charge on any atom is 0.333 e. The quantitative estimate of drug-likeness (QED) is 0.494. The van der Waals surface area contributed by atoms with Gasteiger partial charge in [0.05, 0.1) is 24.2 Å². The van der Waals surface area contributed by atoms with Crippen LogP contribution in [0.4, 0.5) is 0 Å². The van der Waals surface area contributed by atoms with Crippen molar-refractivity contribution in [3.8, 4) is 0 Å². The van der Waals surface area contributed by atoms with Crippen molar-refractivity contribution >= 4 is 23.7 Å². The predicted molar refractivity (Wildman–Crippen MR) is 99.8 cm³/mol. The largest absolute Gasteiger partial charge is 0.379 e. The first-order valence-electron chi connectivity index (χ1n) is 9.48. The van der Waals surface area contributed by atoms with Crippen molar-refractivity contribution in [1.29, 1.82) is 0 Å². The molecule has 0 saturated carbocycles. The second-order valence-electron chi connectivity index (χ2n) is 7.97. The summed E-state index contributed by atoms with van der Waals surface area (Å²) < 4.78 is 11.2. The Kier molecular flexibility index (Phi) is 9.03. The Morgan fingerprint density at radius 1 is 1.00 bits per heavy atom. The summed E-state index contributed by atoms with van der Waals surface area (Å²) in [5.41, 5.74) is -0.657. The standard InChI is InChI=1S/C19H32N2O7/c1-18(2,26-5)11-13-27-19(3,4)10-12-20-14(22)6-9-17(25)28-21-15(23)7-8-16(21)24/h6-13H2,1-5H3,(H,20,22). The number of nitrogens with one attached hydrogen (secondary N) is 1. The molecule has 0 bridgehead atoms. The van der Waals surface area contributed by atoms with Crippen LogP contribution in [0.15, 0.2) is 0 Å². The van der Waals surface area contributed by atoms with Crippen molar-refractivity contribution in [2.75, 3.05) is 20.3 Å². The van der Waals surface area contributed by atoms with Crippen LogP contribution in [0.25, 0.3) is 0 Å². The van der Waals surface area contributed by atoms with Gasteiger partial charge in [-0.15, -0.1) is 5.06 Å². The molecule has 0 aromatic heterocycles. The molecule has 28 heavy (non-hydrogen) atoms. The second kappa shape index (κ2) is 10.5. The molecule has 0 aromatic rings. The van der Waals surface area contributed by atoms with Gasteiger partial charge in [0.25, 0.3) is 11.8 Å². The zero-order chi connectivity index (χ0) is 21.4. The van der Waals surface area contributed by atoms with Crippen LogP contribution in [-0.4, -0.2) is 60.2 Å². The summed E-state index contributed by atoms with van der Waals surface area (Å²) in [6, 6.07) is 0. The molecule has 1 fully saturated rings. The van der Waals surface area contributed by atoms with Crippen LogP contribution in [0.2, 0.25) is 0 Å². The van der Waals surface area contributed by atoms with Gasteiger partial charge in [-0.3, -0.25) is 14.4 Å². The normalized spacial score (nSPS) is 15.1. The van der Waals surface area contributed by atoms with Gasteiger partial charge >= 0.3 is 5.97 Å². The first kappa shape index (κ1) is 24.0. The van der Waals surface area contributed by atoms with Crippen molar-refractivity contribution in [3.05, 3.63) is 0 Å². The molecule has 0 radical (unpaired) electrons. The van der Waals surface area contributed by atoms with Crippen LogP contribution in [0.3, 0.4) is 0 Å². The number of rotatable bonds is 12. The summed E-state index contributed by atoms with van der Waals surface area (Å²) >= 11 is 0. The predicted octanol–water partition coefficient (Wildman–Crippen LogP) is 1.49. The van der Waals surface area contributed by atoms with Crippen molar-refractivity contribution in [2.24, 2.45) is 0 Å². The first-order chi connectivity index (χ1) is 13.0. The fourth-order valence-electron chi connectivity index (χ4n) is 2.36. The van der Waals surface area contributed by atoms with E-state index in [1.165, 1.54) is 0 Å². The maximum atomic E-state index is 11.9. The summed E-state index contributed by atoms with van der Waals surface area (Å²) in [6.07, 6.45) is 1.13. The number of nitrogens with zero attached hydrogens (tertiary/aromatic N) is 1. The van der Waals surface area contributed by atoms with Crippen LogP contribution >= 0.6 is 0 Å². The SMILES string of the molecule is COC(C)(C)CCOC(C)(C)CCNC(=O)CCC(=O)ON1C(=O)CCC1=O. The second-order valence-corrected chi connectivity index (χ2v) is 7.97. The number of ether oxygens (including phenoxy) is 2. The molecule has 0 aliphatic carbocycles. The Bertz CT molecular complexity index is 571. The number of hydrogen-bond donors (Lipinski definition) is 1. The van der Waals surface area contributed by atoms with Gasteiger partial charge in [-0.05, 0) is 40.5 Å². The monoisotopic (exact) mass is 400 g/mol. The Balaban J connectivity index is 2.20. The topological polar surface area (TPSA) is 111 Å². The molecule has 0 unspecified atom stereocenters. The molecule has 1 aliphatic heterocycles. The van der Waals surface area contributed by atoms with Gasteiger partial charge in [0, 0.05) is 32.9 Å². The van der Waals surface area contributed by atoms with Gasteiger partial charge in [0.2, 0.25) is 5.91 Å². The number of imide groups is 1. The average Bonchev–Trinajstić information content (AvgIpc) is 2.91. The zero-order valence-corrected chi connectivity index (χ0v) is 17.5. The molecule has 1 rings (SSSR count). The zero-order valence-electron chi connectivity index (χ0n) is 17.5. The molecule has 1 aliphatic rings. The van der Waals surface area contributed by atoms with Gasteiger partial charge < -0.3 is 19.6 Å². The minimum absolute atomic E-state index is 0.0351. The van der Waals surface area contributed by atoms with Crippen molar-refractivity contribution in [3.63, 3.8) is 0 Å². The number of hydroxylamine groups is 2. The summed E-state index contributed by atoms with van der Waals surface area (Å²) in [6.45, 7) is 8.81. The smallest absolute Gasteiger partial charge is 0.333 e. The lowest BCUT2D eigenvalue weighted by atomic mass is 10.0. The number of carbonyl (C=O) groups is 4. The Morgan fingerprint density at radius 3 is 2.18 bits per heavy atom. The molecule has 0 aromatic carbocycles. The summed E-state index contributed by atoms with van der Waals surface area (Å²) in [5.74, 6) is -2.19. The van der Waals surface area contributed by atoms with Gasteiger partial charge in [0.1, 0.15) is 0 Å². The van der Waals surface area contributed by atoms with E-state index in [9.17, 15) is 19.2 Å². The fraction of sp³-hybridized carbons (Fsp3) is 0.789. The van der Waals surface area contributed by atoms with E-state index in [1.807, 2.05) is 27.7 Å². The summed E-state index contributed by atoms with van der Waals surface area (Å²) in [5, 5.41) is 3.20. The minimum atomic E-state index is -0.789. The summed E-state index contributed by atoms with van der Waals surface area (Å²) in [7, 11) is 1.66. The highest BCUT2D eigenvalue weighted by Crippen LogP contribution is 2.18. The van der Waals surface area contributed by atoms with Gasteiger partial charge in [-0.2, -0.15) is 0 Å². The fourth-order valence-corrected chi connectivity index (χ4v) is 2.36. The molecular formula is C19H32N2O7. The number of hydrogen-bond acceptors (Lipinski definition) is 7. The molecule has 0 spiro atoms. The Morgan fingerprint density at radius 2 is 1.61 bits per heavy atom. The lowest BCUT2D eigenvalue weighted by Crippen LogP contribution is -2.35. The third-order valence-corrected chi connectivity index (χ3v) is 4.55. The minimum Gasteiger partial charge on any atom is -0.379 e. The first-order valence-corrected chi connectivity index (χ1v) is 9.48. The van der Waals surface area contributed by atoms with Crippen molar-refractivity contribution < 1.29 is 33.5 Å². The maximum absolute atomic E-state index is 11.9. The van der Waals surface area contributed by atoms with Gasteiger partial charge in [0.15, 0.2) is 0 Å². The molecule has 160 valence electrons. The number of methoxy groups -OCH3 is 1. The van der Waals surface area contributed by atoms with E-state index in [0.29, 0.717) is 24.6 Å². The highest BCUT2D eigenvalue weighted by Gasteiger charge is 2.32. The molecule has 0 atom stereocenters. The van der Waals surface area contributed by atoms with E-state index in [2.05, 4.69) is 5.32 Å².